The van der Waals surface area contributed by atoms with Crippen LogP contribution in [0.2, 0.25) is 0 Å². The van der Waals surface area contributed by atoms with E-state index in [1.54, 1.807) is 0 Å². The van der Waals surface area contributed by atoms with Crippen LogP contribution in [0, 0.1) is 0 Å². The van der Waals surface area contributed by atoms with E-state index < -0.39 is 0 Å². The number of nitrogens with zero attached hydrogens (tertiary/aromatic N) is 3. The molecule has 2 saturated heterocycles. The normalized spacial score (nSPS) is 20.2. The molecule has 7 heteroatoms. The minimum Gasteiger partial charge on any atom is -0.369 e. The number of hydrogen-bond acceptors (Lipinski definition) is 3. The Morgan fingerprint density at radius 1 is 1.22 bits per heavy atom. The molecule has 1 aromatic carbocycles. The number of halogens is 1. The molecule has 1 aromatic rings. The second-order valence-electron chi connectivity index (χ2n) is 7.15. The van der Waals surface area contributed by atoms with Crippen molar-refractivity contribution in [1.29, 1.82) is 0 Å². The number of benzene rings is 1. The number of hydrogen-bond donors (Lipinski definition) is 2. The van der Waals surface area contributed by atoms with Crippen LogP contribution in [0.15, 0.2) is 33.7 Å². The van der Waals surface area contributed by atoms with E-state index in [2.05, 4.69) is 67.6 Å². The van der Waals surface area contributed by atoms with Gasteiger partial charge < -0.3 is 20.4 Å². The highest BCUT2D eigenvalue weighted by Gasteiger charge is 2.23. The molecule has 6 nitrogen and oxygen atoms in total. The van der Waals surface area contributed by atoms with Gasteiger partial charge in [-0.1, -0.05) is 15.9 Å². The van der Waals surface area contributed by atoms with Crippen LogP contribution in [-0.4, -0.2) is 62.1 Å². The second-order valence-corrected chi connectivity index (χ2v) is 8.07. The second kappa shape index (κ2) is 9.97. The molecule has 1 unspecified atom stereocenters. The summed E-state index contributed by atoms with van der Waals surface area (Å²) in [5, 5.41) is 6.84. The number of amides is 1. The summed E-state index contributed by atoms with van der Waals surface area (Å²) in [6, 6.07) is 8.82. The Labute approximate surface area is 170 Å². The van der Waals surface area contributed by atoms with Crippen LogP contribution in [0.25, 0.3) is 0 Å². The molecule has 2 aliphatic heterocycles. The zero-order valence-electron chi connectivity index (χ0n) is 16.1. The van der Waals surface area contributed by atoms with Gasteiger partial charge in [0.15, 0.2) is 5.96 Å². The number of anilines is 1. The smallest absolute Gasteiger partial charge is 0.224 e. The summed E-state index contributed by atoms with van der Waals surface area (Å²) in [7, 11) is 0. The molecule has 0 aliphatic carbocycles. The van der Waals surface area contributed by atoms with Gasteiger partial charge in [0, 0.05) is 55.3 Å². The van der Waals surface area contributed by atoms with Crippen LogP contribution < -0.4 is 15.5 Å². The van der Waals surface area contributed by atoms with E-state index in [0.29, 0.717) is 19.0 Å². The van der Waals surface area contributed by atoms with E-state index in [1.807, 2.05) is 4.90 Å². The fraction of sp³-hybridized carbons (Fsp3) is 0.600. The van der Waals surface area contributed by atoms with Gasteiger partial charge in [0.25, 0.3) is 0 Å². The molecule has 0 spiro atoms. The van der Waals surface area contributed by atoms with Gasteiger partial charge >= 0.3 is 0 Å². The highest BCUT2D eigenvalue weighted by atomic mass is 79.9. The minimum atomic E-state index is 0.231. The molecule has 0 bridgehead atoms. The van der Waals surface area contributed by atoms with Crippen molar-refractivity contribution in [3.8, 4) is 0 Å². The Balaban J connectivity index is 1.48. The topological polar surface area (TPSA) is 60.0 Å². The van der Waals surface area contributed by atoms with Gasteiger partial charge in [-0.25, -0.2) is 0 Å². The summed E-state index contributed by atoms with van der Waals surface area (Å²) in [6.07, 6.45) is 3.84. The summed E-state index contributed by atoms with van der Waals surface area (Å²) in [5.74, 6) is 1.05. The lowest BCUT2D eigenvalue weighted by Gasteiger charge is -2.20. The average molecular weight is 436 g/mol. The largest absolute Gasteiger partial charge is 0.369 e. The van der Waals surface area contributed by atoms with Crippen molar-refractivity contribution < 1.29 is 4.79 Å². The lowest BCUT2D eigenvalue weighted by Crippen LogP contribution is -2.44. The summed E-state index contributed by atoms with van der Waals surface area (Å²) in [5.41, 5.74) is 1.25. The SMILES string of the molecule is CCNC(=NCCC(=O)N1CCCC1)NC1CCN(c2ccc(Br)cc2)C1. The third-order valence-corrected chi connectivity index (χ3v) is 5.65. The van der Waals surface area contributed by atoms with Gasteiger partial charge in [0.05, 0.1) is 6.54 Å². The predicted molar refractivity (Wildman–Crippen MR) is 114 cm³/mol. The van der Waals surface area contributed by atoms with Crippen LogP contribution >= 0.6 is 15.9 Å². The van der Waals surface area contributed by atoms with Crippen LogP contribution in [0.1, 0.15) is 32.6 Å². The number of aliphatic imine (C=N–C) groups is 1. The molecule has 1 atom stereocenters. The minimum absolute atomic E-state index is 0.231. The van der Waals surface area contributed by atoms with Crippen molar-refractivity contribution in [2.75, 3.05) is 44.2 Å². The fourth-order valence-electron chi connectivity index (χ4n) is 3.67. The lowest BCUT2D eigenvalue weighted by molar-refractivity contribution is -0.129. The van der Waals surface area contributed by atoms with Crippen molar-refractivity contribution in [2.45, 2.75) is 38.6 Å². The molecule has 0 radical (unpaired) electrons. The third kappa shape index (κ3) is 5.86. The van der Waals surface area contributed by atoms with Gasteiger partial charge in [-0.05, 0) is 50.5 Å². The van der Waals surface area contributed by atoms with E-state index >= 15 is 0 Å². The Morgan fingerprint density at radius 2 is 1.96 bits per heavy atom. The zero-order chi connectivity index (χ0) is 19.1. The monoisotopic (exact) mass is 435 g/mol. The van der Waals surface area contributed by atoms with E-state index in [4.69, 9.17) is 0 Å². The fourth-order valence-corrected chi connectivity index (χ4v) is 3.93. The van der Waals surface area contributed by atoms with E-state index in [-0.39, 0.29) is 5.91 Å². The van der Waals surface area contributed by atoms with Gasteiger partial charge in [-0.2, -0.15) is 0 Å². The summed E-state index contributed by atoms with van der Waals surface area (Å²) < 4.78 is 1.10. The van der Waals surface area contributed by atoms with Crippen LogP contribution in [-0.2, 0) is 4.79 Å². The Kier molecular flexibility index (Phi) is 7.38. The Morgan fingerprint density at radius 3 is 2.67 bits per heavy atom. The van der Waals surface area contributed by atoms with Crippen molar-refractivity contribution in [3.05, 3.63) is 28.7 Å². The maximum atomic E-state index is 12.2. The van der Waals surface area contributed by atoms with Crippen LogP contribution in [0.3, 0.4) is 0 Å². The third-order valence-electron chi connectivity index (χ3n) is 5.12. The summed E-state index contributed by atoms with van der Waals surface area (Å²) >= 11 is 3.49. The van der Waals surface area contributed by atoms with Crippen LogP contribution in [0.4, 0.5) is 5.69 Å². The molecule has 2 aliphatic rings. The number of guanidine groups is 1. The van der Waals surface area contributed by atoms with Gasteiger partial charge in [-0.15, -0.1) is 0 Å². The lowest BCUT2D eigenvalue weighted by atomic mass is 10.2. The summed E-state index contributed by atoms with van der Waals surface area (Å²) in [6.45, 7) is 7.23. The summed E-state index contributed by atoms with van der Waals surface area (Å²) in [4.78, 5) is 21.1. The van der Waals surface area contributed by atoms with Crippen molar-refractivity contribution >= 4 is 33.5 Å². The van der Waals surface area contributed by atoms with Gasteiger partial charge in [0.2, 0.25) is 5.91 Å². The average Bonchev–Trinajstić information content (AvgIpc) is 3.34. The number of carbonyl (C=O) groups is 1. The standard InChI is InChI=1S/C20H30BrN5O/c1-2-22-20(23-11-9-19(27)25-12-3-4-13-25)24-17-10-14-26(15-17)18-7-5-16(21)6-8-18/h5-8,17H,2-4,9-15H2,1H3,(H2,22,23,24). The van der Waals surface area contributed by atoms with E-state index in [1.165, 1.54) is 5.69 Å². The molecule has 1 amide bonds. The van der Waals surface area contributed by atoms with Crippen LogP contribution in [0.5, 0.6) is 0 Å². The number of carbonyl (C=O) groups excluding carboxylic acids is 1. The zero-order valence-corrected chi connectivity index (χ0v) is 17.7. The first-order valence-corrected chi connectivity index (χ1v) is 10.8. The maximum Gasteiger partial charge on any atom is 0.224 e. The van der Waals surface area contributed by atoms with Gasteiger partial charge in [0.1, 0.15) is 0 Å². The quantitative estimate of drug-likeness (QED) is 0.532. The highest BCUT2D eigenvalue weighted by Crippen LogP contribution is 2.22. The van der Waals surface area contributed by atoms with E-state index in [0.717, 1.165) is 62.4 Å². The Hall–Kier alpha value is -1.76. The van der Waals surface area contributed by atoms with Crippen molar-refractivity contribution in [3.63, 3.8) is 0 Å². The van der Waals surface area contributed by atoms with Crippen molar-refractivity contribution in [1.82, 2.24) is 15.5 Å². The predicted octanol–water partition coefficient (Wildman–Crippen LogP) is 2.60. The van der Waals surface area contributed by atoms with Gasteiger partial charge in [-0.3, -0.25) is 9.79 Å². The maximum absolute atomic E-state index is 12.2. The molecular formula is C20H30BrN5O. The molecular weight excluding hydrogens is 406 g/mol. The molecule has 2 fully saturated rings. The number of rotatable bonds is 6. The number of nitrogens with one attached hydrogen (secondary N) is 2. The molecule has 3 rings (SSSR count). The molecule has 0 saturated carbocycles. The van der Waals surface area contributed by atoms with Crippen molar-refractivity contribution in [2.24, 2.45) is 4.99 Å². The van der Waals surface area contributed by atoms with E-state index in [9.17, 15) is 4.79 Å². The molecule has 2 N–H and O–H groups in total. The first kappa shape index (κ1) is 20.0. The number of likely N-dealkylation sites (tertiary alicyclic amines) is 1. The first-order chi connectivity index (χ1) is 13.2. The first-order valence-electron chi connectivity index (χ1n) is 9.99. The molecule has 148 valence electrons. The molecule has 27 heavy (non-hydrogen) atoms. The molecule has 0 aromatic heterocycles. The molecule has 2 heterocycles. The Bertz CT molecular complexity index is 642. The highest BCUT2D eigenvalue weighted by molar-refractivity contribution is 9.10.